The smallest absolute Gasteiger partial charge is 0.306 e. The van der Waals surface area contributed by atoms with Crippen molar-refractivity contribution >= 4 is 17.9 Å². The Bertz CT molecular complexity index is 1190. The van der Waals surface area contributed by atoms with Gasteiger partial charge in [-0.25, -0.2) is 0 Å². The first-order valence-corrected chi connectivity index (χ1v) is 31.5. The van der Waals surface area contributed by atoms with E-state index in [1.807, 2.05) is 0 Å². The molecule has 0 aromatic rings. The molecule has 0 saturated heterocycles. The lowest BCUT2D eigenvalue weighted by Gasteiger charge is -2.18. The Labute approximate surface area is 442 Å². The standard InChI is InChI=1S/C65H120O6/c1-4-7-10-13-16-19-22-25-28-31-32-35-38-41-44-47-50-53-56-59-65(68)71-62(60-69-63(66)57-54-51-48-45-42-39-36-33-29-26-23-20-17-14-11-8-5-2)61-70-64(67)58-55-52-49-46-43-40-37-34-30-27-24-21-18-15-12-9-6-3/h17,20,26-27,29-30,62H,4-16,18-19,21-25,28,31-61H2,1-3H3/b20-17-,29-26-,30-27-/t62-/m1/s1. The molecule has 0 fully saturated rings. The maximum Gasteiger partial charge on any atom is 0.306 e. The van der Waals surface area contributed by atoms with Gasteiger partial charge in [-0.2, -0.15) is 0 Å². The fourth-order valence-corrected chi connectivity index (χ4v) is 9.35. The van der Waals surface area contributed by atoms with Gasteiger partial charge in [-0.05, 0) is 77.0 Å². The Morgan fingerprint density at radius 2 is 0.507 bits per heavy atom. The highest BCUT2D eigenvalue weighted by molar-refractivity contribution is 5.71. The number of unbranched alkanes of at least 4 members (excludes halogenated alkanes) is 41. The lowest BCUT2D eigenvalue weighted by atomic mass is 10.0. The molecule has 416 valence electrons. The summed E-state index contributed by atoms with van der Waals surface area (Å²) in [5.41, 5.74) is 0. The SMILES string of the molecule is CCCCC/C=C\C/C=C\CCCCCCCCCC(=O)OC[C@H](COC(=O)CCCCCCCCC/C=C\CCCCCCCC)OC(=O)CCCCCCCCCCCCCCCCCCCCC. The number of allylic oxidation sites excluding steroid dienone is 6. The number of hydrogen-bond donors (Lipinski definition) is 0. The molecule has 0 radical (unpaired) electrons. The molecule has 0 aromatic carbocycles. The lowest BCUT2D eigenvalue weighted by Crippen LogP contribution is -2.30. The van der Waals surface area contributed by atoms with Crippen molar-refractivity contribution in [2.75, 3.05) is 13.2 Å². The third-order valence-electron chi connectivity index (χ3n) is 14.1. The van der Waals surface area contributed by atoms with Crippen molar-refractivity contribution in [2.45, 2.75) is 348 Å². The van der Waals surface area contributed by atoms with Crippen LogP contribution in [0.4, 0.5) is 0 Å². The van der Waals surface area contributed by atoms with E-state index in [0.29, 0.717) is 19.3 Å². The average molecular weight is 998 g/mol. The highest BCUT2D eigenvalue weighted by Crippen LogP contribution is 2.17. The van der Waals surface area contributed by atoms with Crippen LogP contribution < -0.4 is 0 Å². The molecular formula is C65H120O6. The molecule has 0 unspecified atom stereocenters. The van der Waals surface area contributed by atoms with Crippen LogP contribution in [0, 0.1) is 0 Å². The molecule has 6 heteroatoms. The van der Waals surface area contributed by atoms with Gasteiger partial charge in [0.05, 0.1) is 0 Å². The normalized spacial score (nSPS) is 12.2. The molecule has 0 bridgehead atoms. The van der Waals surface area contributed by atoms with Crippen molar-refractivity contribution < 1.29 is 28.6 Å². The van der Waals surface area contributed by atoms with Gasteiger partial charge in [0.1, 0.15) is 13.2 Å². The summed E-state index contributed by atoms with van der Waals surface area (Å²) in [5, 5.41) is 0. The largest absolute Gasteiger partial charge is 0.462 e. The zero-order valence-corrected chi connectivity index (χ0v) is 47.8. The van der Waals surface area contributed by atoms with Crippen LogP contribution in [0.15, 0.2) is 36.5 Å². The third kappa shape index (κ3) is 58.4. The molecule has 0 aliphatic heterocycles. The Balaban J connectivity index is 4.35. The van der Waals surface area contributed by atoms with E-state index >= 15 is 0 Å². The summed E-state index contributed by atoms with van der Waals surface area (Å²) in [7, 11) is 0. The first-order valence-electron chi connectivity index (χ1n) is 31.5. The van der Waals surface area contributed by atoms with E-state index in [2.05, 4.69) is 57.2 Å². The van der Waals surface area contributed by atoms with E-state index in [1.165, 1.54) is 231 Å². The van der Waals surface area contributed by atoms with Gasteiger partial charge < -0.3 is 14.2 Å². The highest BCUT2D eigenvalue weighted by Gasteiger charge is 2.19. The first-order chi connectivity index (χ1) is 35.0. The van der Waals surface area contributed by atoms with Crippen LogP contribution in [0.5, 0.6) is 0 Å². The van der Waals surface area contributed by atoms with Crippen LogP contribution in [0.2, 0.25) is 0 Å². The van der Waals surface area contributed by atoms with Gasteiger partial charge in [0.15, 0.2) is 6.10 Å². The number of hydrogen-bond acceptors (Lipinski definition) is 6. The van der Waals surface area contributed by atoms with Crippen molar-refractivity contribution in [3.63, 3.8) is 0 Å². The molecule has 0 saturated carbocycles. The summed E-state index contributed by atoms with van der Waals surface area (Å²) in [4.78, 5) is 38.3. The topological polar surface area (TPSA) is 78.9 Å². The zero-order valence-electron chi connectivity index (χ0n) is 47.8. The molecule has 71 heavy (non-hydrogen) atoms. The minimum absolute atomic E-state index is 0.0730. The highest BCUT2D eigenvalue weighted by atomic mass is 16.6. The van der Waals surface area contributed by atoms with Crippen molar-refractivity contribution in [2.24, 2.45) is 0 Å². The van der Waals surface area contributed by atoms with Crippen LogP contribution in [0.1, 0.15) is 342 Å². The second kappa shape index (κ2) is 60.2. The van der Waals surface area contributed by atoms with Crippen LogP contribution in [0.3, 0.4) is 0 Å². The first kappa shape index (κ1) is 68.6. The predicted octanol–water partition coefficient (Wildman–Crippen LogP) is 21.2. The van der Waals surface area contributed by atoms with Crippen LogP contribution in [-0.4, -0.2) is 37.2 Å². The van der Waals surface area contributed by atoms with Gasteiger partial charge in [-0.1, -0.05) is 282 Å². The Morgan fingerprint density at radius 3 is 0.817 bits per heavy atom. The molecule has 0 heterocycles. The molecule has 1 atom stereocenters. The number of carbonyl (C=O) groups is 3. The maximum absolute atomic E-state index is 12.9. The quantitative estimate of drug-likeness (QED) is 0.0261. The molecule has 0 aliphatic rings. The fraction of sp³-hybridized carbons (Fsp3) is 0.862. The van der Waals surface area contributed by atoms with Gasteiger partial charge >= 0.3 is 17.9 Å². The molecule has 0 aliphatic carbocycles. The Kier molecular flexibility index (Phi) is 58.2. The van der Waals surface area contributed by atoms with E-state index in [-0.39, 0.29) is 31.1 Å². The van der Waals surface area contributed by atoms with Crippen LogP contribution in [-0.2, 0) is 28.6 Å². The number of esters is 3. The zero-order chi connectivity index (χ0) is 51.4. The molecule has 0 aromatic heterocycles. The summed E-state index contributed by atoms with van der Waals surface area (Å²) >= 11 is 0. The van der Waals surface area contributed by atoms with E-state index in [1.54, 1.807) is 0 Å². The van der Waals surface area contributed by atoms with Gasteiger partial charge in [0, 0.05) is 19.3 Å². The van der Waals surface area contributed by atoms with Crippen molar-refractivity contribution in [3.05, 3.63) is 36.5 Å². The summed E-state index contributed by atoms with van der Waals surface area (Å²) in [6, 6.07) is 0. The minimum atomic E-state index is -0.775. The van der Waals surface area contributed by atoms with E-state index in [4.69, 9.17) is 14.2 Å². The second-order valence-electron chi connectivity index (χ2n) is 21.3. The fourth-order valence-electron chi connectivity index (χ4n) is 9.35. The summed E-state index contributed by atoms with van der Waals surface area (Å²) < 4.78 is 16.9. The lowest BCUT2D eigenvalue weighted by molar-refractivity contribution is -0.167. The third-order valence-corrected chi connectivity index (χ3v) is 14.1. The molecule has 0 rings (SSSR count). The van der Waals surface area contributed by atoms with Gasteiger partial charge in [0.2, 0.25) is 0 Å². The molecule has 0 N–H and O–H groups in total. The van der Waals surface area contributed by atoms with E-state index in [9.17, 15) is 14.4 Å². The summed E-state index contributed by atoms with van der Waals surface area (Å²) in [6.07, 6.45) is 72.8. The average Bonchev–Trinajstić information content (AvgIpc) is 3.37. The number of rotatable bonds is 58. The minimum Gasteiger partial charge on any atom is -0.462 e. The summed E-state index contributed by atoms with van der Waals surface area (Å²) in [5.74, 6) is -0.861. The van der Waals surface area contributed by atoms with Gasteiger partial charge in [-0.3, -0.25) is 14.4 Å². The molecule has 0 spiro atoms. The van der Waals surface area contributed by atoms with E-state index in [0.717, 1.165) is 70.6 Å². The van der Waals surface area contributed by atoms with Crippen molar-refractivity contribution in [1.82, 2.24) is 0 Å². The van der Waals surface area contributed by atoms with E-state index < -0.39 is 6.10 Å². The predicted molar refractivity (Wildman–Crippen MR) is 307 cm³/mol. The second-order valence-corrected chi connectivity index (χ2v) is 21.3. The van der Waals surface area contributed by atoms with Crippen LogP contribution in [0.25, 0.3) is 0 Å². The molecule has 0 amide bonds. The van der Waals surface area contributed by atoms with Crippen LogP contribution >= 0.6 is 0 Å². The van der Waals surface area contributed by atoms with Gasteiger partial charge in [0.25, 0.3) is 0 Å². The maximum atomic E-state index is 12.9. The Hall–Kier alpha value is -2.37. The van der Waals surface area contributed by atoms with Crippen molar-refractivity contribution in [1.29, 1.82) is 0 Å². The van der Waals surface area contributed by atoms with Crippen molar-refractivity contribution in [3.8, 4) is 0 Å². The molecular weight excluding hydrogens is 877 g/mol. The van der Waals surface area contributed by atoms with Gasteiger partial charge in [-0.15, -0.1) is 0 Å². The molecule has 6 nitrogen and oxygen atoms in total. The summed E-state index contributed by atoms with van der Waals surface area (Å²) in [6.45, 7) is 6.66. The number of carbonyl (C=O) groups excluding carboxylic acids is 3. The monoisotopic (exact) mass is 997 g/mol. The Morgan fingerprint density at radius 1 is 0.282 bits per heavy atom. The number of ether oxygens (including phenoxy) is 3.